The highest BCUT2D eigenvalue weighted by atomic mass is 32.1. The average Bonchev–Trinajstić information content (AvgIpc) is 2.80. The molecule has 5 nitrogen and oxygen atoms in total. The first-order chi connectivity index (χ1) is 9.95. The van der Waals surface area contributed by atoms with Gasteiger partial charge in [-0.25, -0.2) is 9.78 Å². The van der Waals surface area contributed by atoms with E-state index in [-0.39, 0.29) is 10.6 Å². The highest BCUT2D eigenvalue weighted by molar-refractivity contribution is 7.17. The highest BCUT2D eigenvalue weighted by Gasteiger charge is 2.16. The number of phenols is 1. The van der Waals surface area contributed by atoms with Crippen LogP contribution in [0.3, 0.4) is 0 Å². The Labute approximate surface area is 124 Å². The van der Waals surface area contributed by atoms with Crippen molar-refractivity contribution >= 4 is 33.8 Å². The molecular formula is C15H12N2O3S. The van der Waals surface area contributed by atoms with Crippen molar-refractivity contribution in [2.45, 2.75) is 6.92 Å². The minimum atomic E-state index is -0.984. The maximum absolute atomic E-state index is 11.1. The fourth-order valence-electron chi connectivity index (χ4n) is 2.23. The lowest BCUT2D eigenvalue weighted by molar-refractivity contribution is 0.0701. The standard InChI is InChI=1S/C15H12N2O3S/c1-7-13(15(19)20)21-14(17-7)9-4-8-5-10(18)2-3-11(8)12(16)6-9/h2-6,18H,16H2,1H3,(H,19,20). The second-order valence-electron chi connectivity index (χ2n) is 4.71. The lowest BCUT2D eigenvalue weighted by atomic mass is 10.0. The highest BCUT2D eigenvalue weighted by Crippen LogP contribution is 2.34. The number of phenolic OH excluding ortho intramolecular Hbond substituents is 1. The molecule has 0 unspecified atom stereocenters. The molecule has 2 aromatic carbocycles. The molecule has 3 rings (SSSR count). The van der Waals surface area contributed by atoms with E-state index in [1.807, 2.05) is 6.07 Å². The van der Waals surface area contributed by atoms with E-state index in [4.69, 9.17) is 10.8 Å². The molecule has 0 spiro atoms. The summed E-state index contributed by atoms with van der Waals surface area (Å²) >= 11 is 1.11. The van der Waals surface area contributed by atoms with E-state index >= 15 is 0 Å². The number of carboxylic acid groups (broad SMARTS) is 1. The summed E-state index contributed by atoms with van der Waals surface area (Å²) in [5.41, 5.74) is 7.82. The number of nitrogens with zero attached hydrogens (tertiary/aromatic N) is 1. The van der Waals surface area contributed by atoms with Gasteiger partial charge in [-0.05, 0) is 42.6 Å². The zero-order valence-electron chi connectivity index (χ0n) is 11.1. The number of rotatable bonds is 2. The summed E-state index contributed by atoms with van der Waals surface area (Å²) < 4.78 is 0. The third-order valence-corrected chi connectivity index (χ3v) is 4.40. The Morgan fingerprint density at radius 1 is 1.29 bits per heavy atom. The number of anilines is 1. The third-order valence-electron chi connectivity index (χ3n) is 3.21. The van der Waals surface area contributed by atoms with Crippen LogP contribution < -0.4 is 5.73 Å². The first kappa shape index (κ1) is 13.4. The van der Waals surface area contributed by atoms with E-state index in [2.05, 4.69) is 4.98 Å². The largest absolute Gasteiger partial charge is 0.508 e. The molecule has 1 aromatic heterocycles. The molecular weight excluding hydrogens is 288 g/mol. The molecule has 6 heteroatoms. The molecule has 21 heavy (non-hydrogen) atoms. The molecule has 0 atom stereocenters. The molecule has 0 aliphatic heterocycles. The summed E-state index contributed by atoms with van der Waals surface area (Å²) in [5.74, 6) is -0.830. The molecule has 0 saturated heterocycles. The zero-order chi connectivity index (χ0) is 15.1. The lowest BCUT2D eigenvalue weighted by Gasteiger charge is -2.05. The molecule has 0 fully saturated rings. The van der Waals surface area contributed by atoms with Crippen molar-refractivity contribution in [1.29, 1.82) is 0 Å². The van der Waals surface area contributed by atoms with E-state index < -0.39 is 5.97 Å². The molecule has 0 saturated carbocycles. The number of carboxylic acids is 1. The van der Waals surface area contributed by atoms with Crippen molar-refractivity contribution in [3.05, 3.63) is 40.9 Å². The SMILES string of the molecule is Cc1nc(-c2cc(N)c3ccc(O)cc3c2)sc1C(=O)O. The number of hydrogen-bond donors (Lipinski definition) is 3. The van der Waals surface area contributed by atoms with Gasteiger partial charge in [-0.15, -0.1) is 11.3 Å². The van der Waals surface area contributed by atoms with Crippen molar-refractivity contribution in [2.75, 3.05) is 5.73 Å². The van der Waals surface area contributed by atoms with Gasteiger partial charge in [0.15, 0.2) is 0 Å². The maximum atomic E-state index is 11.1. The summed E-state index contributed by atoms with van der Waals surface area (Å²) in [4.78, 5) is 15.6. The predicted molar refractivity (Wildman–Crippen MR) is 82.8 cm³/mol. The van der Waals surface area contributed by atoms with Gasteiger partial charge < -0.3 is 15.9 Å². The summed E-state index contributed by atoms with van der Waals surface area (Å²) in [6, 6.07) is 8.56. The van der Waals surface area contributed by atoms with E-state index in [1.54, 1.807) is 31.2 Å². The quantitative estimate of drug-likeness (QED) is 0.631. The number of nitrogens with two attached hydrogens (primary N) is 1. The fourth-order valence-corrected chi connectivity index (χ4v) is 3.12. The summed E-state index contributed by atoms with van der Waals surface area (Å²) in [6.07, 6.45) is 0. The van der Waals surface area contributed by atoms with Crippen LogP contribution in [-0.2, 0) is 0 Å². The molecule has 0 aliphatic carbocycles. The molecule has 3 aromatic rings. The van der Waals surface area contributed by atoms with E-state index in [0.29, 0.717) is 16.4 Å². The van der Waals surface area contributed by atoms with Crippen LogP contribution in [0.15, 0.2) is 30.3 Å². The van der Waals surface area contributed by atoms with Crippen molar-refractivity contribution in [1.82, 2.24) is 4.98 Å². The number of fused-ring (bicyclic) bond motifs is 1. The number of hydrogen-bond acceptors (Lipinski definition) is 5. The number of benzene rings is 2. The Hall–Kier alpha value is -2.60. The van der Waals surface area contributed by atoms with Crippen LogP contribution in [0.2, 0.25) is 0 Å². The maximum Gasteiger partial charge on any atom is 0.347 e. The number of carbonyl (C=O) groups is 1. The number of aromatic hydroxyl groups is 1. The number of aromatic nitrogens is 1. The molecule has 1 heterocycles. The molecule has 0 radical (unpaired) electrons. The van der Waals surface area contributed by atoms with Gasteiger partial charge in [0.25, 0.3) is 0 Å². The van der Waals surface area contributed by atoms with Crippen LogP contribution >= 0.6 is 11.3 Å². The van der Waals surface area contributed by atoms with Crippen LogP contribution in [0.4, 0.5) is 5.69 Å². The predicted octanol–water partition coefficient (Wildman–Crippen LogP) is 3.26. The van der Waals surface area contributed by atoms with E-state index in [1.165, 1.54) is 0 Å². The van der Waals surface area contributed by atoms with Crippen LogP contribution in [0.5, 0.6) is 5.75 Å². The molecule has 106 valence electrons. The van der Waals surface area contributed by atoms with Gasteiger partial charge in [0.2, 0.25) is 0 Å². The molecule has 0 aliphatic rings. The van der Waals surface area contributed by atoms with Gasteiger partial charge in [0.05, 0.1) is 5.69 Å². The second-order valence-corrected chi connectivity index (χ2v) is 5.71. The summed E-state index contributed by atoms with van der Waals surface area (Å²) in [5, 5.41) is 20.9. The fraction of sp³-hybridized carbons (Fsp3) is 0.0667. The summed E-state index contributed by atoms with van der Waals surface area (Å²) in [6.45, 7) is 1.67. The Morgan fingerprint density at radius 2 is 2.05 bits per heavy atom. The van der Waals surface area contributed by atoms with Crippen molar-refractivity contribution in [3.63, 3.8) is 0 Å². The van der Waals surface area contributed by atoms with Crippen LogP contribution in [-0.4, -0.2) is 21.2 Å². The first-order valence-corrected chi connectivity index (χ1v) is 7.00. The van der Waals surface area contributed by atoms with Gasteiger partial charge in [0, 0.05) is 16.6 Å². The van der Waals surface area contributed by atoms with Crippen LogP contribution in [0, 0.1) is 6.92 Å². The van der Waals surface area contributed by atoms with Gasteiger partial charge >= 0.3 is 5.97 Å². The van der Waals surface area contributed by atoms with E-state index in [9.17, 15) is 9.90 Å². The Morgan fingerprint density at radius 3 is 2.71 bits per heavy atom. The minimum Gasteiger partial charge on any atom is -0.508 e. The van der Waals surface area contributed by atoms with Crippen LogP contribution in [0.1, 0.15) is 15.4 Å². The third kappa shape index (κ3) is 2.30. The first-order valence-electron chi connectivity index (χ1n) is 6.19. The second kappa shape index (κ2) is 4.75. The minimum absolute atomic E-state index is 0.153. The number of thiazole rings is 1. The van der Waals surface area contributed by atoms with Crippen LogP contribution in [0.25, 0.3) is 21.3 Å². The molecule has 0 amide bonds. The van der Waals surface area contributed by atoms with Crippen molar-refractivity contribution < 1.29 is 15.0 Å². The van der Waals surface area contributed by atoms with Gasteiger partial charge in [-0.3, -0.25) is 0 Å². The Kier molecular flexibility index (Phi) is 3.03. The zero-order valence-corrected chi connectivity index (χ0v) is 11.9. The monoisotopic (exact) mass is 300 g/mol. The van der Waals surface area contributed by atoms with Gasteiger partial charge in [0.1, 0.15) is 15.6 Å². The van der Waals surface area contributed by atoms with Gasteiger partial charge in [-0.1, -0.05) is 0 Å². The van der Waals surface area contributed by atoms with E-state index in [0.717, 1.165) is 27.7 Å². The van der Waals surface area contributed by atoms with Crippen molar-refractivity contribution in [2.24, 2.45) is 0 Å². The normalized spacial score (nSPS) is 10.9. The Bertz CT molecular complexity index is 871. The number of nitrogen functional groups attached to an aromatic ring is 1. The van der Waals surface area contributed by atoms with Crippen molar-refractivity contribution in [3.8, 4) is 16.3 Å². The number of aromatic carboxylic acids is 1. The number of aryl methyl sites for hydroxylation is 1. The molecule has 4 N–H and O–H groups in total. The molecule has 0 bridgehead atoms. The smallest absolute Gasteiger partial charge is 0.347 e. The topological polar surface area (TPSA) is 96.4 Å². The average molecular weight is 300 g/mol. The van der Waals surface area contributed by atoms with Gasteiger partial charge in [-0.2, -0.15) is 0 Å². The summed E-state index contributed by atoms with van der Waals surface area (Å²) in [7, 11) is 0. The lowest BCUT2D eigenvalue weighted by Crippen LogP contribution is -1.94. The Balaban J connectivity index is 2.21.